The first kappa shape index (κ1) is 23.7. The van der Waals surface area contributed by atoms with Crippen LogP contribution in [0, 0.1) is 18.8 Å². The molecule has 3 nitrogen and oxygen atoms in total. The number of hydrogen-bond acceptors (Lipinski definition) is 3. The molecule has 4 aromatic rings. The predicted octanol–water partition coefficient (Wildman–Crippen LogP) is 6.97. The fraction of sp³-hybridized carbons (Fsp3) is 0.0294. The van der Waals surface area contributed by atoms with Crippen LogP contribution >= 0.6 is 0 Å². The van der Waals surface area contributed by atoms with Gasteiger partial charge in [0.2, 0.25) is 0 Å². The molecule has 1 aliphatic rings. The van der Waals surface area contributed by atoms with Crippen molar-refractivity contribution in [2.75, 3.05) is 0 Å². The third-order valence-electron chi connectivity index (χ3n) is 6.25. The number of phenols is 2. The molecule has 0 saturated carbocycles. The largest absolute Gasteiger partial charge is 0.508 e. The molecule has 0 atom stereocenters. The highest BCUT2D eigenvalue weighted by Gasteiger charge is 2.20. The number of phenolic OH excluding ortho intramolecular Hbond substituents is 2. The fourth-order valence-electron chi connectivity index (χ4n) is 4.37. The zero-order valence-electron chi connectivity index (χ0n) is 20.3. The molecule has 1 aliphatic carbocycles. The Morgan fingerprint density at radius 1 is 0.676 bits per heavy atom. The maximum Gasteiger partial charge on any atom is 0.178 e. The minimum atomic E-state index is -0.0495. The van der Waals surface area contributed by atoms with E-state index in [2.05, 4.69) is 36.1 Å². The van der Waals surface area contributed by atoms with Crippen LogP contribution in [-0.2, 0) is 4.79 Å². The average Bonchev–Trinajstić information content (AvgIpc) is 2.92. The second kappa shape index (κ2) is 10.3. The van der Waals surface area contributed by atoms with E-state index in [1.165, 1.54) is 0 Å². The topological polar surface area (TPSA) is 57.5 Å². The lowest BCUT2D eigenvalue weighted by atomic mass is 9.82. The molecule has 0 fully saturated rings. The Morgan fingerprint density at radius 3 is 1.95 bits per heavy atom. The minimum Gasteiger partial charge on any atom is -0.508 e. The van der Waals surface area contributed by atoms with Crippen molar-refractivity contribution < 1.29 is 15.0 Å². The van der Waals surface area contributed by atoms with Crippen molar-refractivity contribution in [2.45, 2.75) is 6.92 Å². The van der Waals surface area contributed by atoms with Gasteiger partial charge in [-0.3, -0.25) is 4.79 Å². The van der Waals surface area contributed by atoms with Gasteiger partial charge >= 0.3 is 0 Å². The van der Waals surface area contributed by atoms with E-state index < -0.39 is 0 Å². The molecule has 0 bridgehead atoms. The third-order valence-corrected chi connectivity index (χ3v) is 6.25. The predicted molar refractivity (Wildman–Crippen MR) is 148 cm³/mol. The SMILES string of the molecule is Cc1ccc(-c2ccc(O)cc2)c(C(=C2C=CC(=O)C=C2)c2ccccc2)c1C#Cc1ccc(O)cc1. The Kier molecular flexibility index (Phi) is 6.57. The van der Waals surface area contributed by atoms with Gasteiger partial charge in [-0.15, -0.1) is 0 Å². The van der Waals surface area contributed by atoms with Gasteiger partial charge in [-0.1, -0.05) is 78.6 Å². The molecule has 0 saturated heterocycles. The summed E-state index contributed by atoms with van der Waals surface area (Å²) in [5.74, 6) is 7.01. The van der Waals surface area contributed by atoms with Gasteiger partial charge in [0, 0.05) is 16.7 Å². The number of ketones is 1. The summed E-state index contributed by atoms with van der Waals surface area (Å²) in [5, 5.41) is 19.6. The third kappa shape index (κ3) is 5.15. The summed E-state index contributed by atoms with van der Waals surface area (Å²) < 4.78 is 0. The monoisotopic (exact) mass is 480 g/mol. The Labute approximate surface area is 216 Å². The van der Waals surface area contributed by atoms with E-state index in [4.69, 9.17) is 0 Å². The second-order valence-corrected chi connectivity index (χ2v) is 8.79. The normalized spacial score (nSPS) is 12.2. The maximum atomic E-state index is 12.0. The first-order valence-electron chi connectivity index (χ1n) is 11.9. The van der Waals surface area contributed by atoms with Crippen molar-refractivity contribution in [3.8, 4) is 34.5 Å². The molecular formula is C34H24O3. The van der Waals surface area contributed by atoms with Crippen molar-refractivity contribution in [3.05, 3.63) is 149 Å². The molecule has 0 spiro atoms. The summed E-state index contributed by atoms with van der Waals surface area (Å²) in [6, 6.07) is 28.2. The van der Waals surface area contributed by atoms with Gasteiger partial charge in [0.05, 0.1) is 0 Å². The average molecular weight is 481 g/mol. The summed E-state index contributed by atoms with van der Waals surface area (Å²) >= 11 is 0. The van der Waals surface area contributed by atoms with Crippen LogP contribution in [0.25, 0.3) is 16.7 Å². The molecule has 0 unspecified atom stereocenters. The Hall–Kier alpha value is -5.07. The molecule has 5 rings (SSSR count). The van der Waals surface area contributed by atoms with E-state index in [1.807, 2.05) is 49.4 Å². The Morgan fingerprint density at radius 2 is 1.30 bits per heavy atom. The molecule has 4 aromatic carbocycles. The van der Waals surface area contributed by atoms with Gasteiger partial charge in [-0.25, -0.2) is 0 Å². The van der Waals surface area contributed by atoms with Gasteiger partial charge in [0.15, 0.2) is 5.78 Å². The van der Waals surface area contributed by atoms with E-state index in [0.29, 0.717) is 0 Å². The van der Waals surface area contributed by atoms with Crippen molar-refractivity contribution in [1.82, 2.24) is 0 Å². The van der Waals surface area contributed by atoms with Crippen LogP contribution < -0.4 is 0 Å². The quantitative estimate of drug-likeness (QED) is 0.311. The molecule has 0 aromatic heterocycles. The first-order valence-corrected chi connectivity index (χ1v) is 11.9. The molecular weight excluding hydrogens is 456 g/mol. The van der Waals surface area contributed by atoms with Gasteiger partial charge < -0.3 is 10.2 Å². The number of allylic oxidation sites excluding steroid dienone is 5. The van der Waals surface area contributed by atoms with Gasteiger partial charge in [-0.2, -0.15) is 0 Å². The number of aromatic hydroxyl groups is 2. The van der Waals surface area contributed by atoms with Crippen LogP contribution in [0.4, 0.5) is 0 Å². The standard InChI is InChI=1S/C34H24O3/c1-23-7-21-32(25-11-17-29(36)18-12-25)34(31(23)22-10-24-8-15-28(35)16-9-24)33(26-5-3-2-4-6-26)27-13-19-30(37)20-14-27/h2-9,11-21,35-36H,1H3. The lowest BCUT2D eigenvalue weighted by Gasteiger charge is -2.21. The van der Waals surface area contributed by atoms with Crippen molar-refractivity contribution in [2.24, 2.45) is 0 Å². The number of benzene rings is 4. The van der Waals surface area contributed by atoms with Crippen LogP contribution in [0.2, 0.25) is 0 Å². The number of aryl methyl sites for hydroxylation is 1. The Balaban J connectivity index is 1.85. The maximum absolute atomic E-state index is 12.0. The molecule has 0 radical (unpaired) electrons. The van der Waals surface area contributed by atoms with E-state index in [1.54, 1.807) is 48.6 Å². The van der Waals surface area contributed by atoms with Crippen LogP contribution in [0.5, 0.6) is 11.5 Å². The molecule has 2 N–H and O–H groups in total. The van der Waals surface area contributed by atoms with Gasteiger partial charge in [0.25, 0.3) is 0 Å². The van der Waals surface area contributed by atoms with Crippen LogP contribution in [-0.4, -0.2) is 16.0 Å². The summed E-state index contributed by atoms with van der Waals surface area (Å²) in [5.41, 5.74) is 8.38. The molecule has 3 heteroatoms. The first-order chi connectivity index (χ1) is 18.0. The van der Waals surface area contributed by atoms with Gasteiger partial charge in [0.1, 0.15) is 11.5 Å². The lowest BCUT2D eigenvalue weighted by Crippen LogP contribution is -2.03. The summed E-state index contributed by atoms with van der Waals surface area (Å²) in [4.78, 5) is 12.0. The summed E-state index contributed by atoms with van der Waals surface area (Å²) in [6.45, 7) is 2.04. The Bertz CT molecular complexity index is 1610. The zero-order valence-corrected chi connectivity index (χ0v) is 20.3. The summed E-state index contributed by atoms with van der Waals surface area (Å²) in [7, 11) is 0. The highest BCUT2D eigenvalue weighted by Crippen LogP contribution is 2.39. The van der Waals surface area contributed by atoms with Crippen molar-refractivity contribution >= 4 is 11.4 Å². The molecule has 0 amide bonds. The van der Waals surface area contributed by atoms with E-state index in [0.717, 1.165) is 50.1 Å². The molecule has 0 heterocycles. The zero-order chi connectivity index (χ0) is 25.8. The van der Waals surface area contributed by atoms with Crippen LogP contribution in [0.1, 0.15) is 27.8 Å². The lowest BCUT2D eigenvalue weighted by molar-refractivity contribution is -0.110. The highest BCUT2D eigenvalue weighted by molar-refractivity contribution is 6.04. The molecule has 37 heavy (non-hydrogen) atoms. The second-order valence-electron chi connectivity index (χ2n) is 8.79. The summed E-state index contributed by atoms with van der Waals surface area (Å²) in [6.07, 6.45) is 6.86. The van der Waals surface area contributed by atoms with Crippen LogP contribution in [0.15, 0.2) is 121 Å². The van der Waals surface area contributed by atoms with Crippen LogP contribution in [0.3, 0.4) is 0 Å². The number of rotatable bonds is 3. The van der Waals surface area contributed by atoms with Crippen molar-refractivity contribution in [3.63, 3.8) is 0 Å². The smallest absolute Gasteiger partial charge is 0.178 e. The van der Waals surface area contributed by atoms with Crippen molar-refractivity contribution in [1.29, 1.82) is 0 Å². The van der Waals surface area contributed by atoms with E-state index >= 15 is 0 Å². The molecule has 0 aliphatic heterocycles. The number of carbonyl (C=O) groups excluding carboxylic acids is 1. The minimum absolute atomic E-state index is 0.0495. The molecule has 178 valence electrons. The van der Waals surface area contributed by atoms with Gasteiger partial charge in [-0.05, 0) is 88.9 Å². The fourth-order valence-corrected chi connectivity index (χ4v) is 4.37. The number of carbonyl (C=O) groups is 1. The number of hydrogen-bond donors (Lipinski definition) is 2. The highest BCUT2D eigenvalue weighted by atomic mass is 16.3. The van der Waals surface area contributed by atoms with E-state index in [9.17, 15) is 15.0 Å². The van der Waals surface area contributed by atoms with E-state index in [-0.39, 0.29) is 17.3 Å².